The van der Waals surface area contributed by atoms with Gasteiger partial charge in [0.15, 0.2) is 0 Å². The molecule has 0 radical (unpaired) electrons. The Kier molecular flexibility index (Phi) is 3.57. The molecular formula is C17H18BrNO. The number of ether oxygens (including phenoxy) is 1. The second kappa shape index (κ2) is 5.23. The van der Waals surface area contributed by atoms with Crippen molar-refractivity contribution >= 4 is 15.9 Å². The zero-order valence-electron chi connectivity index (χ0n) is 11.7. The van der Waals surface area contributed by atoms with E-state index in [2.05, 4.69) is 65.4 Å². The Morgan fingerprint density at radius 2 is 1.95 bits per heavy atom. The first-order valence-electron chi connectivity index (χ1n) is 6.82. The highest BCUT2D eigenvalue weighted by atomic mass is 79.9. The quantitative estimate of drug-likeness (QED) is 0.897. The van der Waals surface area contributed by atoms with Crippen LogP contribution < -0.4 is 10.1 Å². The number of halogens is 1. The second-order valence-electron chi connectivity index (χ2n) is 5.69. The van der Waals surface area contributed by atoms with Gasteiger partial charge < -0.3 is 10.1 Å². The number of benzene rings is 2. The fourth-order valence-corrected chi connectivity index (χ4v) is 3.20. The molecule has 1 atom stereocenters. The van der Waals surface area contributed by atoms with Crippen LogP contribution in [0.4, 0.5) is 0 Å². The molecule has 1 N–H and O–H groups in total. The van der Waals surface area contributed by atoms with Crippen LogP contribution in [0.2, 0.25) is 0 Å². The maximum Gasteiger partial charge on any atom is 0.125 e. The van der Waals surface area contributed by atoms with E-state index in [4.69, 9.17) is 4.74 Å². The van der Waals surface area contributed by atoms with Crippen LogP contribution >= 0.6 is 15.9 Å². The van der Waals surface area contributed by atoms with Gasteiger partial charge in [0.05, 0.1) is 6.04 Å². The summed E-state index contributed by atoms with van der Waals surface area (Å²) in [7, 11) is 0. The molecule has 3 heteroatoms. The first kappa shape index (κ1) is 13.7. The Balaban J connectivity index is 1.80. The van der Waals surface area contributed by atoms with Crippen molar-refractivity contribution in [1.29, 1.82) is 0 Å². The second-order valence-corrected chi connectivity index (χ2v) is 6.60. The van der Waals surface area contributed by atoms with E-state index in [0.29, 0.717) is 0 Å². The summed E-state index contributed by atoms with van der Waals surface area (Å²) in [6, 6.07) is 16.8. The van der Waals surface area contributed by atoms with Crippen LogP contribution in [0, 0.1) is 0 Å². The van der Waals surface area contributed by atoms with Crippen molar-refractivity contribution in [3.8, 4) is 5.75 Å². The standard InChI is InChI=1S/C17H18BrNO/c1-17(2)16(14-8-3-4-9-15(14)20-17)19-11-12-6-5-7-13(18)10-12/h3-10,16,19H,11H2,1-2H3. The normalized spacial score (nSPS) is 19.4. The maximum absolute atomic E-state index is 6.05. The Bertz CT molecular complexity index is 624. The molecule has 0 saturated carbocycles. The van der Waals surface area contributed by atoms with E-state index in [-0.39, 0.29) is 11.6 Å². The van der Waals surface area contributed by atoms with E-state index in [1.165, 1.54) is 11.1 Å². The highest BCUT2D eigenvalue weighted by molar-refractivity contribution is 9.10. The summed E-state index contributed by atoms with van der Waals surface area (Å²) in [5.41, 5.74) is 2.28. The molecule has 1 heterocycles. The lowest BCUT2D eigenvalue weighted by Crippen LogP contribution is -2.38. The van der Waals surface area contributed by atoms with Crippen LogP contribution in [0.25, 0.3) is 0 Å². The molecule has 0 fully saturated rings. The highest BCUT2D eigenvalue weighted by Gasteiger charge is 2.40. The zero-order chi connectivity index (χ0) is 14.2. The number of nitrogens with one attached hydrogen (secondary N) is 1. The molecule has 1 aliphatic rings. The summed E-state index contributed by atoms with van der Waals surface area (Å²) >= 11 is 3.51. The van der Waals surface area contributed by atoms with Gasteiger partial charge in [0.2, 0.25) is 0 Å². The molecule has 2 nitrogen and oxygen atoms in total. The van der Waals surface area contributed by atoms with E-state index in [0.717, 1.165) is 16.8 Å². The predicted octanol–water partition coefficient (Wildman–Crippen LogP) is 4.45. The Hall–Kier alpha value is -1.32. The van der Waals surface area contributed by atoms with Gasteiger partial charge in [-0.1, -0.05) is 46.3 Å². The summed E-state index contributed by atoms with van der Waals surface area (Å²) < 4.78 is 7.16. The molecule has 3 rings (SSSR count). The molecule has 0 aromatic heterocycles. The summed E-state index contributed by atoms with van der Waals surface area (Å²) in [5.74, 6) is 0.990. The fourth-order valence-electron chi connectivity index (χ4n) is 2.75. The molecule has 2 aromatic rings. The molecule has 0 amide bonds. The maximum atomic E-state index is 6.05. The van der Waals surface area contributed by atoms with Crippen LogP contribution in [-0.2, 0) is 6.54 Å². The Morgan fingerprint density at radius 3 is 2.75 bits per heavy atom. The topological polar surface area (TPSA) is 21.3 Å². The lowest BCUT2D eigenvalue weighted by molar-refractivity contribution is 0.0958. The smallest absolute Gasteiger partial charge is 0.125 e. The van der Waals surface area contributed by atoms with Gasteiger partial charge in [-0.2, -0.15) is 0 Å². The number of hydrogen-bond acceptors (Lipinski definition) is 2. The number of hydrogen-bond donors (Lipinski definition) is 1. The van der Waals surface area contributed by atoms with Gasteiger partial charge in [0, 0.05) is 16.6 Å². The summed E-state index contributed by atoms with van der Waals surface area (Å²) in [5, 5.41) is 3.63. The van der Waals surface area contributed by atoms with Gasteiger partial charge in [0.25, 0.3) is 0 Å². The molecule has 20 heavy (non-hydrogen) atoms. The molecule has 104 valence electrons. The molecule has 0 spiro atoms. The minimum Gasteiger partial charge on any atom is -0.486 e. The van der Waals surface area contributed by atoms with Gasteiger partial charge in [0.1, 0.15) is 11.4 Å². The van der Waals surface area contributed by atoms with Gasteiger partial charge in [-0.05, 0) is 37.6 Å². The molecule has 0 bridgehead atoms. The van der Waals surface area contributed by atoms with Crippen molar-refractivity contribution in [1.82, 2.24) is 5.32 Å². The molecule has 2 aromatic carbocycles. The molecular weight excluding hydrogens is 314 g/mol. The van der Waals surface area contributed by atoms with Crippen molar-refractivity contribution in [2.24, 2.45) is 0 Å². The van der Waals surface area contributed by atoms with Crippen LogP contribution in [0.1, 0.15) is 31.0 Å². The van der Waals surface area contributed by atoms with Gasteiger partial charge in [-0.25, -0.2) is 0 Å². The Morgan fingerprint density at radius 1 is 1.15 bits per heavy atom. The van der Waals surface area contributed by atoms with E-state index < -0.39 is 0 Å². The largest absolute Gasteiger partial charge is 0.486 e. The first-order chi connectivity index (χ1) is 9.56. The first-order valence-corrected chi connectivity index (χ1v) is 7.61. The summed E-state index contributed by atoms with van der Waals surface area (Å²) in [4.78, 5) is 0. The number of para-hydroxylation sites is 1. The van der Waals surface area contributed by atoms with Crippen molar-refractivity contribution in [2.45, 2.75) is 32.0 Å². The van der Waals surface area contributed by atoms with Crippen molar-refractivity contribution in [3.63, 3.8) is 0 Å². The number of rotatable bonds is 3. The number of fused-ring (bicyclic) bond motifs is 1. The lowest BCUT2D eigenvalue weighted by Gasteiger charge is -2.27. The third kappa shape index (κ3) is 2.60. The summed E-state index contributed by atoms with van der Waals surface area (Å²) in [6.07, 6.45) is 0. The monoisotopic (exact) mass is 331 g/mol. The summed E-state index contributed by atoms with van der Waals surface area (Å²) in [6.45, 7) is 5.09. The van der Waals surface area contributed by atoms with Crippen LogP contribution in [0.5, 0.6) is 5.75 Å². The minimum atomic E-state index is -0.226. The SMILES string of the molecule is CC1(C)Oc2ccccc2C1NCc1cccc(Br)c1. The Labute approximate surface area is 128 Å². The molecule has 0 saturated heterocycles. The van der Waals surface area contributed by atoms with E-state index in [1.807, 2.05) is 18.2 Å². The van der Waals surface area contributed by atoms with Crippen LogP contribution in [0.15, 0.2) is 53.0 Å². The third-order valence-electron chi connectivity index (χ3n) is 3.70. The third-order valence-corrected chi connectivity index (χ3v) is 4.19. The van der Waals surface area contributed by atoms with E-state index in [9.17, 15) is 0 Å². The predicted molar refractivity (Wildman–Crippen MR) is 84.9 cm³/mol. The lowest BCUT2D eigenvalue weighted by atomic mass is 9.94. The zero-order valence-corrected chi connectivity index (χ0v) is 13.3. The van der Waals surface area contributed by atoms with Crippen molar-refractivity contribution in [2.75, 3.05) is 0 Å². The highest BCUT2D eigenvalue weighted by Crippen LogP contribution is 2.42. The van der Waals surface area contributed by atoms with Gasteiger partial charge in [-0.3, -0.25) is 0 Å². The van der Waals surface area contributed by atoms with E-state index in [1.54, 1.807) is 0 Å². The van der Waals surface area contributed by atoms with Crippen LogP contribution in [0.3, 0.4) is 0 Å². The molecule has 1 aliphatic heterocycles. The average Bonchev–Trinajstić information content (AvgIpc) is 2.66. The molecule has 0 aliphatic carbocycles. The van der Waals surface area contributed by atoms with Crippen molar-refractivity contribution in [3.05, 3.63) is 64.1 Å². The van der Waals surface area contributed by atoms with Crippen LogP contribution in [-0.4, -0.2) is 5.60 Å². The van der Waals surface area contributed by atoms with Crippen molar-refractivity contribution < 1.29 is 4.74 Å². The molecule has 1 unspecified atom stereocenters. The van der Waals surface area contributed by atoms with Gasteiger partial charge >= 0.3 is 0 Å². The minimum absolute atomic E-state index is 0.206. The van der Waals surface area contributed by atoms with Gasteiger partial charge in [-0.15, -0.1) is 0 Å². The fraction of sp³-hybridized carbons (Fsp3) is 0.294. The van der Waals surface area contributed by atoms with E-state index >= 15 is 0 Å². The average molecular weight is 332 g/mol.